The van der Waals surface area contributed by atoms with Crippen LogP contribution in [0.5, 0.6) is 11.6 Å². The first-order valence-corrected chi connectivity index (χ1v) is 38.4. The minimum Gasteiger partial charge on any atom is -0.440 e. The second kappa shape index (κ2) is 22.4. The van der Waals surface area contributed by atoms with Crippen molar-refractivity contribution in [1.29, 1.82) is 0 Å². The normalized spacial score (nSPS) is 18.1. The van der Waals surface area contributed by atoms with Crippen molar-refractivity contribution in [3.63, 3.8) is 0 Å². The summed E-state index contributed by atoms with van der Waals surface area (Å²) in [6.45, 7) is 8.42. The number of thiophene rings is 2. The molecule has 24 rings (SSSR count). The number of anilines is 15. The first kappa shape index (κ1) is 59.1. The van der Waals surface area contributed by atoms with Crippen molar-refractivity contribution in [3.05, 3.63) is 281 Å². The summed E-state index contributed by atoms with van der Waals surface area (Å²) in [6.07, 6.45) is 10.1. The molecule has 10 aromatic carbocycles. The third-order valence-corrected chi connectivity index (χ3v) is 26.9. The van der Waals surface area contributed by atoms with Gasteiger partial charge in [0, 0.05) is 81.8 Å². The van der Waals surface area contributed by atoms with Gasteiger partial charge in [0.25, 0.3) is 13.4 Å². The van der Waals surface area contributed by atoms with Gasteiger partial charge in [-0.25, -0.2) is 4.98 Å². The van der Waals surface area contributed by atoms with Crippen LogP contribution in [0.3, 0.4) is 0 Å². The Labute approximate surface area is 603 Å². The summed E-state index contributed by atoms with van der Waals surface area (Å²) in [5.41, 5.74) is 28.9. The first-order chi connectivity index (χ1) is 50.2. The van der Waals surface area contributed by atoms with Gasteiger partial charge in [-0.2, -0.15) is 4.98 Å². The van der Waals surface area contributed by atoms with Crippen molar-refractivity contribution < 1.29 is 4.74 Å². The maximum absolute atomic E-state index is 7.94. The number of fused-ring (bicyclic) bond motifs is 16. The minimum atomic E-state index is -0.246. The van der Waals surface area contributed by atoms with Gasteiger partial charge in [-0.1, -0.05) is 146 Å². The molecule has 102 heavy (non-hydrogen) atoms. The van der Waals surface area contributed by atoms with Gasteiger partial charge in [-0.05, 0) is 236 Å². The first-order valence-electron chi connectivity index (χ1n) is 36.8. The van der Waals surface area contributed by atoms with Crippen LogP contribution >= 0.6 is 22.7 Å². The average Bonchev–Trinajstić information content (AvgIpc) is 1.22. The lowest BCUT2D eigenvalue weighted by atomic mass is 9.33. The van der Waals surface area contributed by atoms with Gasteiger partial charge >= 0.3 is 0 Å². The zero-order valence-corrected chi connectivity index (χ0v) is 59.1. The summed E-state index contributed by atoms with van der Waals surface area (Å²) >= 11 is 3.88. The lowest BCUT2D eigenvalue weighted by Gasteiger charge is -2.45. The van der Waals surface area contributed by atoms with Gasteiger partial charge in [-0.3, -0.25) is 14.7 Å². The van der Waals surface area contributed by atoms with E-state index in [4.69, 9.17) is 14.7 Å². The van der Waals surface area contributed by atoms with Crippen molar-refractivity contribution in [2.45, 2.75) is 103 Å². The highest BCUT2D eigenvalue weighted by Crippen LogP contribution is 2.57. The number of aryl methyl sites for hydroxylation is 4. The Bertz CT molecular complexity index is 5800. The lowest BCUT2D eigenvalue weighted by molar-refractivity contribution is 0.359. The summed E-state index contributed by atoms with van der Waals surface area (Å²) in [6, 6.07) is 89.4. The largest absolute Gasteiger partial charge is 0.440 e. The van der Waals surface area contributed by atoms with Crippen LogP contribution in [0.2, 0.25) is 0 Å². The maximum Gasteiger partial charge on any atom is 0.271 e. The van der Waals surface area contributed by atoms with Gasteiger partial charge in [0.15, 0.2) is 0 Å². The number of rotatable bonds is 9. The Morgan fingerprint density at radius 1 is 0.373 bits per heavy atom. The predicted molar refractivity (Wildman–Crippen MR) is 429 cm³/mol. The number of aromatic nitrogens is 2. The van der Waals surface area contributed by atoms with E-state index >= 15 is 0 Å². The molecule has 4 aromatic heterocycles. The fourth-order valence-electron chi connectivity index (χ4n) is 19.7. The molecule has 0 saturated heterocycles. The van der Waals surface area contributed by atoms with E-state index in [0.29, 0.717) is 29.6 Å². The molecular formula is C90H71B2N7OS2. The third-order valence-electron chi connectivity index (χ3n) is 24.4. The number of nitrogens with zero attached hydrogens (tertiary/aromatic N) is 7. The highest BCUT2D eigenvalue weighted by Gasteiger charge is 2.52. The van der Waals surface area contributed by atoms with Crippen LogP contribution < -0.4 is 60.6 Å². The van der Waals surface area contributed by atoms with Crippen LogP contribution in [0.15, 0.2) is 237 Å². The number of para-hydroxylation sites is 5. The predicted octanol–water partition coefficient (Wildman–Crippen LogP) is 21.1. The van der Waals surface area contributed by atoms with Crippen LogP contribution in [-0.4, -0.2) is 23.4 Å². The molecule has 0 radical (unpaired) electrons. The molecule has 0 N–H and O–H groups in total. The van der Waals surface area contributed by atoms with Crippen molar-refractivity contribution in [3.8, 4) is 11.6 Å². The zero-order chi connectivity index (χ0) is 67.3. The number of ether oxygens (including phenoxy) is 1. The van der Waals surface area contributed by atoms with Gasteiger partial charge in [-0.15, -0.1) is 22.7 Å². The van der Waals surface area contributed by atoms with Crippen LogP contribution in [0, 0.1) is 27.7 Å². The van der Waals surface area contributed by atoms with Gasteiger partial charge < -0.3 is 14.5 Å². The summed E-state index contributed by atoms with van der Waals surface area (Å²) in [4.78, 5) is 24.8. The summed E-state index contributed by atoms with van der Waals surface area (Å²) in [7, 11) is 0. The molecule has 490 valence electrons. The van der Waals surface area contributed by atoms with E-state index in [1.54, 1.807) is 11.1 Å². The molecule has 4 bridgehead atoms. The van der Waals surface area contributed by atoms with E-state index in [1.807, 2.05) is 22.7 Å². The molecule has 10 aliphatic rings. The Morgan fingerprint density at radius 2 is 0.794 bits per heavy atom. The molecule has 4 aliphatic heterocycles. The highest BCUT2D eigenvalue weighted by molar-refractivity contribution is 7.34. The standard InChI is InChI=1S/C90H71B2N7OS2/c1-52-20-8-14-28-71(52)98(72-29-15-9-21-53(72)2)81-50-76-83-89(93-81)97(60-24-6-5-7-25-60)75-49-78-70(48-69(75)91(83)87-85(65-26-12-18-32-79(65)101-87)95(76)61-42-44-63-56-34-38-58(39-35-56)67(63)46-61)92-84-77(51-82(94-90(84)100-78)99(73-30-16-10-22-54(73)3)74-31-17-11-23-55(74)4)96(86-66-27-13-19-33-80(66)102-88(86)92)62-43-45-64-57-36-40-59(41-37-57)68(64)47-62/h5-33,42-51,56-59H,34-41H2,1-4H3. The van der Waals surface area contributed by atoms with Crippen LogP contribution in [-0.2, 0) is 0 Å². The Morgan fingerprint density at radius 3 is 1.28 bits per heavy atom. The van der Waals surface area contributed by atoms with Crippen molar-refractivity contribution in [2.24, 2.45) is 0 Å². The molecule has 2 fully saturated rings. The molecule has 0 unspecified atom stereocenters. The van der Waals surface area contributed by atoms with Crippen LogP contribution in [0.25, 0.3) is 20.2 Å². The second-order valence-corrected chi connectivity index (χ2v) is 32.0. The fraction of sp³-hybridized carbons (Fsp3) is 0.178. The quantitative estimate of drug-likeness (QED) is 0.133. The smallest absolute Gasteiger partial charge is 0.271 e. The molecule has 14 aromatic rings. The fourth-order valence-corrected chi connectivity index (χ4v) is 22.3. The van der Waals surface area contributed by atoms with Crippen molar-refractivity contribution in [2.75, 3.05) is 24.5 Å². The number of pyridine rings is 2. The second-order valence-electron chi connectivity index (χ2n) is 29.9. The lowest BCUT2D eigenvalue weighted by Crippen LogP contribution is -2.63. The molecule has 8 heterocycles. The monoisotopic (exact) mass is 1350 g/mol. The minimum absolute atomic E-state index is 0.231. The topological polar surface area (TPSA) is 51.2 Å². The average molecular weight is 1350 g/mol. The van der Waals surface area contributed by atoms with Crippen LogP contribution in [0.4, 0.5) is 85.7 Å². The van der Waals surface area contributed by atoms with E-state index in [0.717, 1.165) is 102 Å². The van der Waals surface area contributed by atoms with Gasteiger partial charge in [0.2, 0.25) is 5.88 Å². The van der Waals surface area contributed by atoms with Crippen molar-refractivity contribution in [1.82, 2.24) is 9.97 Å². The van der Waals surface area contributed by atoms with E-state index in [1.165, 1.54) is 126 Å². The Kier molecular flexibility index (Phi) is 13.0. The maximum atomic E-state index is 7.94. The van der Waals surface area contributed by atoms with Gasteiger partial charge in [0.05, 0.1) is 39.8 Å². The van der Waals surface area contributed by atoms with E-state index in [9.17, 15) is 0 Å². The summed E-state index contributed by atoms with van der Waals surface area (Å²) in [5.74, 6) is 6.30. The molecule has 8 nitrogen and oxygen atoms in total. The Balaban J connectivity index is 0.840. The Hall–Kier alpha value is -10.7. The van der Waals surface area contributed by atoms with Crippen LogP contribution in [0.1, 0.15) is 120 Å². The number of benzene rings is 10. The summed E-state index contributed by atoms with van der Waals surface area (Å²) in [5, 5.41) is 2.51. The SMILES string of the molecule is Cc1ccccc1N(c1cc2c3c(n1)Oc1cc4c(cc1B3c1sc3ccccc3c1N2c1ccc2c(c1)C1CCC2CC1)B1c2sc3ccccc3c2N(c2ccc3c(c2)C2CCC3CC2)c2cc(N(c3ccccc3C)c3ccccc3C)nc(c21)N4c1ccccc1)c1ccccc1C. The molecular weight excluding hydrogens is 1280 g/mol. The third kappa shape index (κ3) is 8.57. The highest BCUT2D eigenvalue weighted by atomic mass is 32.1. The molecule has 0 atom stereocenters. The van der Waals surface area contributed by atoms with E-state index in [2.05, 4.69) is 289 Å². The molecule has 2 saturated carbocycles. The van der Waals surface area contributed by atoms with Gasteiger partial charge in [0.1, 0.15) is 23.2 Å². The molecule has 12 heteroatoms. The van der Waals surface area contributed by atoms with E-state index < -0.39 is 0 Å². The number of hydrogen-bond acceptors (Lipinski definition) is 10. The zero-order valence-electron chi connectivity index (χ0n) is 57.5. The molecule has 0 amide bonds. The van der Waals surface area contributed by atoms with Crippen molar-refractivity contribution >= 4 is 173 Å². The van der Waals surface area contributed by atoms with E-state index in [-0.39, 0.29) is 13.4 Å². The summed E-state index contributed by atoms with van der Waals surface area (Å²) < 4.78 is 13.1. The molecule has 0 spiro atoms. The number of hydrogen-bond donors (Lipinski definition) is 0. The molecule has 6 aliphatic carbocycles.